The average molecular weight is 218 g/mol. The minimum atomic E-state index is 1.26. The monoisotopic (exact) mass is 218 g/mol. The van der Waals surface area contributed by atoms with Crippen LogP contribution in [0.25, 0.3) is 0 Å². The first-order valence-electron chi connectivity index (χ1n) is 6.64. The summed E-state index contributed by atoms with van der Waals surface area (Å²) in [7, 11) is 0. The largest absolute Gasteiger partial charge is 0.0654 e. The minimum absolute atomic E-state index is 1.26. The molecule has 16 heavy (non-hydrogen) atoms. The van der Waals surface area contributed by atoms with Crippen molar-refractivity contribution in [1.29, 1.82) is 0 Å². The molecule has 1 aromatic rings. The Balaban J connectivity index is 2.76. The molecule has 0 heteroatoms. The number of hydrogen-bond acceptors (Lipinski definition) is 0. The van der Waals surface area contributed by atoms with Gasteiger partial charge in [0.1, 0.15) is 0 Å². The summed E-state index contributed by atoms with van der Waals surface area (Å²) in [5.41, 5.74) is 7.52. The predicted octanol–water partition coefficient (Wildman–Crippen LogP) is 5.04. The van der Waals surface area contributed by atoms with Crippen LogP contribution in [0.3, 0.4) is 0 Å². The van der Waals surface area contributed by atoms with E-state index in [0.29, 0.717) is 0 Å². The summed E-state index contributed by atoms with van der Waals surface area (Å²) in [4.78, 5) is 0. The lowest BCUT2D eigenvalue weighted by Gasteiger charge is -2.14. The predicted molar refractivity (Wildman–Crippen MR) is 73.2 cm³/mol. The van der Waals surface area contributed by atoms with Crippen molar-refractivity contribution in [2.75, 3.05) is 0 Å². The van der Waals surface area contributed by atoms with Crippen molar-refractivity contribution >= 4 is 0 Å². The van der Waals surface area contributed by atoms with Crippen molar-refractivity contribution in [2.24, 2.45) is 0 Å². The topological polar surface area (TPSA) is 0 Å². The zero-order chi connectivity index (χ0) is 12.1. The third-order valence-electron chi connectivity index (χ3n) is 3.80. The number of unbranched alkanes of at least 4 members (excludes halogenated alkanes) is 3. The van der Waals surface area contributed by atoms with Gasteiger partial charge >= 0.3 is 0 Å². The van der Waals surface area contributed by atoms with Gasteiger partial charge in [0.25, 0.3) is 0 Å². The quantitative estimate of drug-likeness (QED) is 0.607. The molecule has 0 spiro atoms. The molecule has 0 amide bonds. The Morgan fingerprint density at radius 2 is 1.50 bits per heavy atom. The second-order valence-electron chi connectivity index (χ2n) is 5.05. The van der Waals surface area contributed by atoms with Gasteiger partial charge in [-0.05, 0) is 68.4 Å². The smallest absolute Gasteiger partial charge is 0.0274 e. The van der Waals surface area contributed by atoms with E-state index in [-0.39, 0.29) is 0 Å². The Labute approximate surface area is 101 Å². The van der Waals surface area contributed by atoms with Crippen LogP contribution in [0.1, 0.15) is 60.4 Å². The van der Waals surface area contributed by atoms with E-state index in [0.717, 1.165) is 0 Å². The third kappa shape index (κ3) is 3.10. The highest BCUT2D eigenvalue weighted by Gasteiger charge is 2.07. The Bertz CT molecular complexity index is 348. The van der Waals surface area contributed by atoms with Crippen LogP contribution in [0, 0.1) is 27.7 Å². The molecule has 0 bridgehead atoms. The van der Waals surface area contributed by atoms with Crippen molar-refractivity contribution in [1.82, 2.24) is 0 Å². The lowest BCUT2D eigenvalue weighted by Crippen LogP contribution is -1.99. The SMILES string of the molecule is CCCCCCc1c(C)cc(C)c(C)c1C. The lowest BCUT2D eigenvalue weighted by molar-refractivity contribution is 0.664. The second-order valence-corrected chi connectivity index (χ2v) is 5.05. The Morgan fingerprint density at radius 1 is 0.812 bits per heavy atom. The molecule has 0 aliphatic rings. The summed E-state index contributed by atoms with van der Waals surface area (Å²) in [5, 5.41) is 0. The Hall–Kier alpha value is -0.780. The molecule has 0 atom stereocenters. The molecular formula is C16H26. The van der Waals surface area contributed by atoms with Gasteiger partial charge in [-0.1, -0.05) is 32.3 Å². The molecule has 0 saturated heterocycles. The Morgan fingerprint density at radius 3 is 2.12 bits per heavy atom. The number of hydrogen-bond donors (Lipinski definition) is 0. The maximum atomic E-state index is 2.34. The molecule has 0 unspecified atom stereocenters. The number of rotatable bonds is 5. The van der Waals surface area contributed by atoms with E-state index in [1.807, 2.05) is 0 Å². The van der Waals surface area contributed by atoms with Crippen LogP contribution >= 0.6 is 0 Å². The Kier molecular flexibility index (Phi) is 5.05. The van der Waals surface area contributed by atoms with Crippen LogP contribution in [-0.2, 0) is 6.42 Å². The first-order chi connectivity index (χ1) is 7.57. The summed E-state index contributed by atoms with van der Waals surface area (Å²) in [6.07, 6.45) is 6.69. The summed E-state index contributed by atoms with van der Waals surface area (Å²) in [6, 6.07) is 2.34. The molecule has 0 aliphatic heterocycles. The third-order valence-corrected chi connectivity index (χ3v) is 3.80. The van der Waals surface area contributed by atoms with Crippen molar-refractivity contribution in [3.63, 3.8) is 0 Å². The second kappa shape index (κ2) is 6.08. The van der Waals surface area contributed by atoms with Crippen LogP contribution in [0.4, 0.5) is 0 Å². The van der Waals surface area contributed by atoms with E-state index in [1.54, 1.807) is 5.56 Å². The summed E-state index contributed by atoms with van der Waals surface area (Å²) in [5.74, 6) is 0. The van der Waals surface area contributed by atoms with Gasteiger partial charge in [0.05, 0.1) is 0 Å². The van der Waals surface area contributed by atoms with Gasteiger partial charge in [0.15, 0.2) is 0 Å². The van der Waals surface area contributed by atoms with E-state index in [4.69, 9.17) is 0 Å². The van der Waals surface area contributed by atoms with Crippen molar-refractivity contribution in [3.8, 4) is 0 Å². The summed E-state index contributed by atoms with van der Waals surface area (Å²) in [6.45, 7) is 11.3. The van der Waals surface area contributed by atoms with Gasteiger partial charge in [-0.2, -0.15) is 0 Å². The first kappa shape index (κ1) is 13.3. The molecule has 1 aromatic carbocycles. The molecule has 1 rings (SSSR count). The fraction of sp³-hybridized carbons (Fsp3) is 0.625. The van der Waals surface area contributed by atoms with E-state index < -0.39 is 0 Å². The highest BCUT2D eigenvalue weighted by Crippen LogP contribution is 2.23. The molecule has 0 aromatic heterocycles. The molecule has 0 saturated carbocycles. The average Bonchev–Trinajstić information content (AvgIpc) is 2.25. The molecule has 0 N–H and O–H groups in total. The van der Waals surface area contributed by atoms with Crippen molar-refractivity contribution in [2.45, 2.75) is 66.7 Å². The summed E-state index contributed by atoms with van der Waals surface area (Å²) >= 11 is 0. The molecule has 0 nitrogen and oxygen atoms in total. The summed E-state index contributed by atoms with van der Waals surface area (Å²) < 4.78 is 0. The number of benzene rings is 1. The van der Waals surface area contributed by atoms with Crippen LogP contribution in [-0.4, -0.2) is 0 Å². The van der Waals surface area contributed by atoms with Gasteiger partial charge in [-0.25, -0.2) is 0 Å². The van der Waals surface area contributed by atoms with Crippen molar-refractivity contribution < 1.29 is 0 Å². The standard InChI is InChI=1S/C16H26/c1-6-7-8-9-10-16-13(3)11-12(2)14(4)15(16)5/h11H,6-10H2,1-5H3. The highest BCUT2D eigenvalue weighted by atomic mass is 14.1. The van der Waals surface area contributed by atoms with Crippen LogP contribution in [0.2, 0.25) is 0 Å². The molecule has 90 valence electrons. The molecule has 0 aliphatic carbocycles. The fourth-order valence-electron chi connectivity index (χ4n) is 2.45. The van der Waals surface area contributed by atoms with E-state index >= 15 is 0 Å². The van der Waals surface area contributed by atoms with E-state index in [1.165, 1.54) is 54.4 Å². The lowest BCUT2D eigenvalue weighted by atomic mass is 9.91. The zero-order valence-corrected chi connectivity index (χ0v) is 11.6. The maximum Gasteiger partial charge on any atom is -0.0274 e. The maximum absolute atomic E-state index is 2.34. The van der Waals surface area contributed by atoms with Gasteiger partial charge in [-0.15, -0.1) is 0 Å². The van der Waals surface area contributed by atoms with Crippen LogP contribution < -0.4 is 0 Å². The van der Waals surface area contributed by atoms with Crippen LogP contribution in [0.5, 0.6) is 0 Å². The highest BCUT2D eigenvalue weighted by molar-refractivity contribution is 5.43. The van der Waals surface area contributed by atoms with Gasteiger partial charge in [-0.3, -0.25) is 0 Å². The van der Waals surface area contributed by atoms with Gasteiger partial charge in [0, 0.05) is 0 Å². The van der Waals surface area contributed by atoms with Crippen molar-refractivity contribution in [3.05, 3.63) is 33.9 Å². The minimum Gasteiger partial charge on any atom is -0.0654 e. The molecular weight excluding hydrogens is 192 g/mol. The molecule has 0 heterocycles. The normalized spacial score (nSPS) is 10.8. The fourth-order valence-corrected chi connectivity index (χ4v) is 2.45. The van der Waals surface area contributed by atoms with Gasteiger partial charge < -0.3 is 0 Å². The van der Waals surface area contributed by atoms with E-state index in [2.05, 4.69) is 40.7 Å². The molecule has 0 radical (unpaired) electrons. The zero-order valence-electron chi connectivity index (χ0n) is 11.6. The molecule has 0 fully saturated rings. The first-order valence-corrected chi connectivity index (χ1v) is 6.64. The number of aryl methyl sites for hydroxylation is 2. The van der Waals surface area contributed by atoms with Crippen LogP contribution in [0.15, 0.2) is 6.07 Å². The van der Waals surface area contributed by atoms with E-state index in [9.17, 15) is 0 Å². The van der Waals surface area contributed by atoms with Gasteiger partial charge in [0.2, 0.25) is 0 Å².